The highest BCUT2D eigenvalue weighted by molar-refractivity contribution is 6.35. The number of fused-ring (bicyclic) bond motifs is 1. The van der Waals surface area contributed by atoms with E-state index in [1.54, 1.807) is 24.3 Å². The molecule has 2 aliphatic heterocycles. The summed E-state index contributed by atoms with van der Waals surface area (Å²) in [5.41, 5.74) is 6.11. The molecule has 3 aromatic rings. The molecule has 2 atom stereocenters. The number of piperidine rings is 1. The van der Waals surface area contributed by atoms with Gasteiger partial charge in [0.25, 0.3) is 17.7 Å². The van der Waals surface area contributed by atoms with Crippen molar-refractivity contribution in [3.8, 4) is 0 Å². The lowest BCUT2D eigenvalue weighted by Gasteiger charge is -2.23. The van der Waals surface area contributed by atoms with Gasteiger partial charge in [-0.1, -0.05) is 37.3 Å². The number of benzene rings is 2. The molecule has 0 radical (unpaired) electrons. The topological polar surface area (TPSA) is 115 Å². The predicted octanol–water partition coefficient (Wildman–Crippen LogP) is 4.49. The maximum Gasteiger partial charge on any atom is 0.256 e. The third kappa shape index (κ3) is 5.52. The van der Waals surface area contributed by atoms with Crippen LogP contribution in [0.2, 0.25) is 0 Å². The Morgan fingerprint density at radius 3 is 2.62 bits per heavy atom. The summed E-state index contributed by atoms with van der Waals surface area (Å²) in [5, 5.41) is 12.5. The van der Waals surface area contributed by atoms with E-state index in [4.69, 9.17) is 0 Å². The van der Waals surface area contributed by atoms with E-state index >= 15 is 0 Å². The first kappa shape index (κ1) is 26.4. The smallest absolute Gasteiger partial charge is 0.256 e. The Kier molecular flexibility index (Phi) is 7.65. The second kappa shape index (κ2) is 11.3. The van der Waals surface area contributed by atoms with Gasteiger partial charge >= 0.3 is 0 Å². The number of hydrogen-bond donors (Lipinski definition) is 5. The molecule has 1 saturated heterocycles. The normalized spacial score (nSPS) is 18.4. The fraction of sp³-hybridized carbons (Fsp3) is 0.323. The Balaban J connectivity index is 1.39. The number of aromatic nitrogens is 1. The van der Waals surface area contributed by atoms with Crippen molar-refractivity contribution < 1.29 is 14.4 Å². The van der Waals surface area contributed by atoms with Crippen LogP contribution in [0.4, 0.5) is 5.69 Å². The second-order valence-corrected chi connectivity index (χ2v) is 10.3. The van der Waals surface area contributed by atoms with Gasteiger partial charge in [0.05, 0.1) is 17.2 Å². The molecule has 8 heteroatoms. The molecule has 1 aromatic heterocycles. The van der Waals surface area contributed by atoms with Gasteiger partial charge in [0.15, 0.2) is 0 Å². The van der Waals surface area contributed by atoms with E-state index in [0.29, 0.717) is 33.6 Å². The quantitative estimate of drug-likeness (QED) is 0.293. The number of aryl methyl sites for hydroxylation is 1. The molecule has 2 aliphatic rings. The number of carbonyl (C=O) groups excluding carboxylic acids is 3. The van der Waals surface area contributed by atoms with Crippen molar-refractivity contribution in [2.24, 2.45) is 0 Å². The summed E-state index contributed by atoms with van der Waals surface area (Å²) in [5.74, 6) is -0.557. The fourth-order valence-electron chi connectivity index (χ4n) is 5.46. The predicted molar refractivity (Wildman–Crippen MR) is 154 cm³/mol. The van der Waals surface area contributed by atoms with Crippen LogP contribution in [0, 0.1) is 13.8 Å². The zero-order valence-corrected chi connectivity index (χ0v) is 22.6. The summed E-state index contributed by atoms with van der Waals surface area (Å²) >= 11 is 0. The minimum Gasteiger partial charge on any atom is -0.358 e. The van der Waals surface area contributed by atoms with E-state index in [-0.39, 0.29) is 29.8 Å². The average Bonchev–Trinajstić information content (AvgIpc) is 3.41. The van der Waals surface area contributed by atoms with Crippen LogP contribution >= 0.6 is 0 Å². The molecule has 0 bridgehead atoms. The summed E-state index contributed by atoms with van der Waals surface area (Å²) in [6.07, 6.45) is 4.51. The third-order valence-corrected chi connectivity index (χ3v) is 7.60. The van der Waals surface area contributed by atoms with Crippen LogP contribution in [0.5, 0.6) is 0 Å². The number of aromatic amines is 1. The maximum absolute atomic E-state index is 13.2. The van der Waals surface area contributed by atoms with E-state index in [9.17, 15) is 14.4 Å². The molecule has 0 saturated carbocycles. The second-order valence-electron chi connectivity index (χ2n) is 10.3. The molecule has 3 amide bonds. The first-order valence-corrected chi connectivity index (χ1v) is 13.6. The molecule has 3 heterocycles. The molecule has 5 rings (SSSR count). The van der Waals surface area contributed by atoms with Gasteiger partial charge in [0.2, 0.25) is 0 Å². The average molecular weight is 526 g/mol. The van der Waals surface area contributed by atoms with Crippen molar-refractivity contribution >= 4 is 35.1 Å². The van der Waals surface area contributed by atoms with Gasteiger partial charge in [-0.25, -0.2) is 0 Å². The molecule has 0 aliphatic carbocycles. The monoisotopic (exact) mass is 525 g/mol. The van der Waals surface area contributed by atoms with Crippen molar-refractivity contribution in [3.63, 3.8) is 0 Å². The highest BCUT2D eigenvalue weighted by Gasteiger charge is 2.28. The Morgan fingerprint density at radius 2 is 1.90 bits per heavy atom. The lowest BCUT2D eigenvalue weighted by atomic mass is 10.00. The van der Waals surface area contributed by atoms with Gasteiger partial charge in [-0.2, -0.15) is 0 Å². The molecule has 0 unspecified atom stereocenters. The van der Waals surface area contributed by atoms with Crippen molar-refractivity contribution in [1.29, 1.82) is 0 Å². The molecular weight excluding hydrogens is 490 g/mol. The van der Waals surface area contributed by atoms with Crippen LogP contribution in [-0.4, -0.2) is 41.8 Å². The van der Waals surface area contributed by atoms with E-state index in [1.807, 2.05) is 51.1 Å². The van der Waals surface area contributed by atoms with Crippen molar-refractivity contribution in [2.45, 2.75) is 52.1 Å². The van der Waals surface area contributed by atoms with E-state index in [0.717, 1.165) is 49.2 Å². The minimum absolute atomic E-state index is 0.105. The Hall–Kier alpha value is -4.17. The highest BCUT2D eigenvalue weighted by atomic mass is 16.2. The van der Waals surface area contributed by atoms with Gasteiger partial charge < -0.3 is 26.3 Å². The number of carbonyl (C=O) groups is 3. The lowest BCUT2D eigenvalue weighted by molar-refractivity contribution is -0.110. The first-order valence-electron chi connectivity index (χ1n) is 13.6. The Labute approximate surface area is 228 Å². The Bertz CT molecular complexity index is 1430. The molecule has 202 valence electrons. The number of nitrogens with one attached hydrogen (secondary N) is 5. The number of H-pyrrole nitrogens is 1. The summed E-state index contributed by atoms with van der Waals surface area (Å²) in [6, 6.07) is 15.1. The van der Waals surface area contributed by atoms with Crippen LogP contribution in [0.3, 0.4) is 0 Å². The lowest BCUT2D eigenvalue weighted by Crippen LogP contribution is -2.45. The van der Waals surface area contributed by atoms with E-state index < -0.39 is 0 Å². The van der Waals surface area contributed by atoms with Crippen LogP contribution in [-0.2, 0) is 4.79 Å². The molecule has 8 nitrogen and oxygen atoms in total. The minimum atomic E-state index is -0.246. The molecular formula is C31H35N5O3. The molecule has 1 fully saturated rings. The van der Waals surface area contributed by atoms with Gasteiger partial charge in [-0.15, -0.1) is 0 Å². The first-order chi connectivity index (χ1) is 18.9. The number of rotatable bonds is 7. The largest absolute Gasteiger partial charge is 0.358 e. The number of anilines is 1. The summed E-state index contributed by atoms with van der Waals surface area (Å²) in [7, 11) is 0. The maximum atomic E-state index is 13.2. The van der Waals surface area contributed by atoms with Crippen molar-refractivity contribution in [2.75, 3.05) is 18.4 Å². The van der Waals surface area contributed by atoms with E-state index in [2.05, 4.69) is 26.3 Å². The summed E-state index contributed by atoms with van der Waals surface area (Å²) < 4.78 is 0. The SMILES string of the molecule is CC[C@@H](NC(=O)c1ccc2c(c1)/C(=C/c1[nH]c(C)c(C(=O)N[C@@H]3CCCNC3)c1C)C(=O)N2)c1ccccc1. The number of amides is 3. The van der Waals surface area contributed by atoms with Gasteiger partial charge in [0, 0.05) is 40.8 Å². The van der Waals surface area contributed by atoms with Crippen LogP contribution in [0.1, 0.15) is 81.0 Å². The third-order valence-electron chi connectivity index (χ3n) is 7.60. The highest BCUT2D eigenvalue weighted by Crippen LogP contribution is 2.35. The van der Waals surface area contributed by atoms with Gasteiger partial charge in [0.1, 0.15) is 0 Å². The standard InChI is InChI=1S/C31H35N5O3/c1-4-25(20-9-6-5-7-10-20)35-29(37)21-12-13-26-23(15-21)24(30(38)36-26)16-27-18(2)28(19(3)33-27)31(39)34-22-11-8-14-32-17-22/h5-7,9-10,12-13,15-16,22,25,32-33H,4,8,11,14,17H2,1-3H3,(H,34,39)(H,35,37)(H,36,38)/b24-16-/t22-,25-/m1/s1. The fourth-order valence-corrected chi connectivity index (χ4v) is 5.46. The number of hydrogen-bond acceptors (Lipinski definition) is 4. The summed E-state index contributed by atoms with van der Waals surface area (Å²) in [6.45, 7) is 7.53. The Morgan fingerprint density at radius 1 is 1.10 bits per heavy atom. The van der Waals surface area contributed by atoms with Gasteiger partial charge in [-0.05, 0) is 75.1 Å². The molecule has 2 aromatic carbocycles. The van der Waals surface area contributed by atoms with Crippen LogP contribution in [0.15, 0.2) is 48.5 Å². The molecule has 39 heavy (non-hydrogen) atoms. The van der Waals surface area contributed by atoms with E-state index in [1.165, 1.54) is 0 Å². The van der Waals surface area contributed by atoms with Crippen LogP contribution < -0.4 is 21.3 Å². The molecule has 0 spiro atoms. The molecule has 5 N–H and O–H groups in total. The zero-order valence-electron chi connectivity index (χ0n) is 22.6. The van der Waals surface area contributed by atoms with Crippen molar-refractivity contribution in [1.82, 2.24) is 20.9 Å². The van der Waals surface area contributed by atoms with Gasteiger partial charge in [-0.3, -0.25) is 14.4 Å². The summed E-state index contributed by atoms with van der Waals surface area (Å²) in [4.78, 5) is 42.5. The zero-order chi connectivity index (χ0) is 27.5. The van der Waals surface area contributed by atoms with Crippen LogP contribution in [0.25, 0.3) is 11.6 Å². The van der Waals surface area contributed by atoms with Crippen molar-refractivity contribution in [3.05, 3.63) is 87.7 Å².